The second-order valence-electron chi connectivity index (χ2n) is 2.15. The van der Waals surface area contributed by atoms with Crippen molar-refractivity contribution in [3.8, 4) is 0 Å². The first-order valence-corrected chi connectivity index (χ1v) is 2.73. The monoisotopic (exact) mass is 105 g/mol. The lowest BCUT2D eigenvalue weighted by Gasteiger charge is -2.22. The Bertz CT molecular complexity index is 191. The number of fused-ring (bicyclic) bond motifs is 2. The third-order valence-corrected chi connectivity index (χ3v) is 1.63. The van der Waals surface area contributed by atoms with E-state index in [0.717, 1.165) is 0 Å². The fourth-order valence-corrected chi connectivity index (χ4v) is 1.04. The third-order valence-electron chi connectivity index (χ3n) is 1.63. The molecule has 0 atom stereocenters. The summed E-state index contributed by atoms with van der Waals surface area (Å²) >= 11 is 0. The molecule has 40 valence electrons. The fourth-order valence-electron chi connectivity index (χ4n) is 1.04. The molecule has 1 aromatic rings. The van der Waals surface area contributed by atoms with Gasteiger partial charge in [-0.25, -0.2) is 0 Å². The summed E-state index contributed by atoms with van der Waals surface area (Å²) in [6, 6.07) is 8.49. The number of nitrogens with two attached hydrogens (primary N) is 1. The summed E-state index contributed by atoms with van der Waals surface area (Å²) in [5.41, 5.74) is 8.17. The van der Waals surface area contributed by atoms with E-state index in [4.69, 9.17) is 5.73 Å². The van der Waals surface area contributed by atoms with Crippen LogP contribution < -0.4 is 5.73 Å². The van der Waals surface area contributed by atoms with Crippen molar-refractivity contribution in [2.75, 3.05) is 0 Å². The number of hydrogen-bond acceptors (Lipinski definition) is 1. The van der Waals surface area contributed by atoms with Crippen molar-refractivity contribution in [3.05, 3.63) is 35.4 Å². The highest BCUT2D eigenvalue weighted by Crippen LogP contribution is 2.29. The third kappa shape index (κ3) is 0.307. The molecule has 0 saturated heterocycles. The van der Waals surface area contributed by atoms with E-state index in [9.17, 15) is 0 Å². The number of benzene rings is 1. The van der Waals surface area contributed by atoms with E-state index in [1.807, 2.05) is 6.07 Å². The molecule has 0 heterocycles. The second kappa shape index (κ2) is 1.12. The maximum atomic E-state index is 5.64. The SMILES string of the molecule is NC1c2cccc1c2. The average Bonchev–Trinajstić information content (AvgIpc) is 1.89. The van der Waals surface area contributed by atoms with Crippen LogP contribution >= 0.6 is 0 Å². The summed E-state index contributed by atoms with van der Waals surface area (Å²) in [6.07, 6.45) is 0. The van der Waals surface area contributed by atoms with Crippen molar-refractivity contribution in [2.24, 2.45) is 5.73 Å². The molecular weight excluding hydrogens is 98.1 g/mol. The van der Waals surface area contributed by atoms with Gasteiger partial charge in [-0.1, -0.05) is 24.3 Å². The lowest BCUT2D eigenvalue weighted by atomic mass is 9.88. The smallest absolute Gasteiger partial charge is 0.0551 e. The molecule has 0 fully saturated rings. The summed E-state index contributed by atoms with van der Waals surface area (Å²) in [5.74, 6) is 0. The summed E-state index contributed by atoms with van der Waals surface area (Å²) in [6.45, 7) is 0. The molecule has 2 aliphatic carbocycles. The Morgan fingerprint density at radius 2 is 1.88 bits per heavy atom. The van der Waals surface area contributed by atoms with Gasteiger partial charge in [0.25, 0.3) is 0 Å². The van der Waals surface area contributed by atoms with Crippen LogP contribution in [-0.4, -0.2) is 0 Å². The molecule has 2 bridgehead atoms. The average molecular weight is 105 g/mol. The Morgan fingerprint density at radius 1 is 1.25 bits per heavy atom. The Kier molecular flexibility index (Phi) is 0.573. The Balaban J connectivity index is 2.64. The van der Waals surface area contributed by atoms with Crippen molar-refractivity contribution in [1.29, 1.82) is 0 Å². The molecule has 0 saturated carbocycles. The van der Waals surface area contributed by atoms with Gasteiger partial charge in [-0.2, -0.15) is 0 Å². The molecular formula is C7H7N. The van der Waals surface area contributed by atoms with Gasteiger partial charge in [0.2, 0.25) is 0 Å². The van der Waals surface area contributed by atoms with Crippen LogP contribution in [0.5, 0.6) is 0 Å². The van der Waals surface area contributed by atoms with Gasteiger partial charge in [-0.15, -0.1) is 0 Å². The van der Waals surface area contributed by atoms with Gasteiger partial charge >= 0.3 is 0 Å². The maximum absolute atomic E-state index is 5.64. The minimum absolute atomic E-state index is 0.236. The normalized spacial score (nSPS) is 15.6. The molecule has 8 heavy (non-hydrogen) atoms. The fraction of sp³-hybridized carbons (Fsp3) is 0.143. The molecule has 1 heteroatoms. The van der Waals surface area contributed by atoms with Gasteiger partial charge in [-0.3, -0.25) is 0 Å². The summed E-state index contributed by atoms with van der Waals surface area (Å²) in [5, 5.41) is 0. The molecule has 0 radical (unpaired) electrons. The van der Waals surface area contributed by atoms with Crippen molar-refractivity contribution >= 4 is 0 Å². The van der Waals surface area contributed by atoms with Crippen LogP contribution in [0, 0.1) is 0 Å². The van der Waals surface area contributed by atoms with Gasteiger partial charge in [0.05, 0.1) is 6.04 Å². The zero-order valence-electron chi connectivity index (χ0n) is 4.46. The molecule has 1 nitrogen and oxygen atoms in total. The maximum Gasteiger partial charge on any atom is 0.0551 e. The molecule has 0 aliphatic heterocycles. The van der Waals surface area contributed by atoms with E-state index in [-0.39, 0.29) is 6.04 Å². The topological polar surface area (TPSA) is 26.0 Å². The molecule has 2 N–H and O–H groups in total. The summed E-state index contributed by atoms with van der Waals surface area (Å²) in [7, 11) is 0. The molecule has 3 rings (SSSR count). The zero-order valence-corrected chi connectivity index (χ0v) is 4.46. The van der Waals surface area contributed by atoms with Crippen LogP contribution in [0.25, 0.3) is 0 Å². The molecule has 0 amide bonds. The standard InChI is InChI=1S/C7H7N/c8-7-5-2-1-3-6(7)4-5/h1-4,7H,8H2. The van der Waals surface area contributed by atoms with E-state index in [1.54, 1.807) is 0 Å². The van der Waals surface area contributed by atoms with Gasteiger partial charge in [0.1, 0.15) is 0 Å². The zero-order chi connectivity index (χ0) is 5.56. The molecule has 0 aromatic heterocycles. The van der Waals surface area contributed by atoms with Crippen LogP contribution in [0.4, 0.5) is 0 Å². The Labute approximate surface area is 48.1 Å². The Morgan fingerprint density at radius 3 is 2.12 bits per heavy atom. The van der Waals surface area contributed by atoms with Crippen LogP contribution in [0.1, 0.15) is 17.2 Å². The first kappa shape index (κ1) is 4.10. The van der Waals surface area contributed by atoms with E-state index in [2.05, 4.69) is 18.2 Å². The highest BCUT2D eigenvalue weighted by atomic mass is 14.7. The molecule has 1 aromatic carbocycles. The second-order valence-corrected chi connectivity index (χ2v) is 2.15. The lowest BCUT2D eigenvalue weighted by Crippen LogP contribution is -2.19. The summed E-state index contributed by atoms with van der Waals surface area (Å²) < 4.78 is 0. The molecule has 0 spiro atoms. The van der Waals surface area contributed by atoms with Crippen LogP contribution in [0.2, 0.25) is 0 Å². The van der Waals surface area contributed by atoms with Crippen molar-refractivity contribution < 1.29 is 0 Å². The minimum atomic E-state index is 0.236. The van der Waals surface area contributed by atoms with Gasteiger partial charge in [0.15, 0.2) is 0 Å². The molecule has 0 unspecified atom stereocenters. The minimum Gasteiger partial charge on any atom is -0.320 e. The van der Waals surface area contributed by atoms with Crippen molar-refractivity contribution in [2.45, 2.75) is 6.04 Å². The van der Waals surface area contributed by atoms with Crippen molar-refractivity contribution in [3.63, 3.8) is 0 Å². The summed E-state index contributed by atoms with van der Waals surface area (Å²) in [4.78, 5) is 0. The van der Waals surface area contributed by atoms with E-state index < -0.39 is 0 Å². The van der Waals surface area contributed by atoms with Gasteiger partial charge in [-0.05, 0) is 11.1 Å². The van der Waals surface area contributed by atoms with Crippen LogP contribution in [0.15, 0.2) is 24.3 Å². The lowest BCUT2D eigenvalue weighted by molar-refractivity contribution is 0.810. The Hall–Kier alpha value is -0.820. The molecule has 2 aliphatic rings. The van der Waals surface area contributed by atoms with Crippen LogP contribution in [0.3, 0.4) is 0 Å². The largest absolute Gasteiger partial charge is 0.320 e. The quantitative estimate of drug-likeness (QED) is 0.524. The first-order chi connectivity index (χ1) is 3.88. The van der Waals surface area contributed by atoms with E-state index in [0.29, 0.717) is 0 Å². The van der Waals surface area contributed by atoms with Crippen LogP contribution in [-0.2, 0) is 0 Å². The predicted octanol–water partition coefficient (Wildman–Crippen LogP) is 1.05. The highest BCUT2D eigenvalue weighted by molar-refractivity contribution is 5.42. The number of hydrogen-bond donors (Lipinski definition) is 1. The van der Waals surface area contributed by atoms with Gasteiger partial charge in [0, 0.05) is 0 Å². The first-order valence-electron chi connectivity index (χ1n) is 2.73. The van der Waals surface area contributed by atoms with E-state index >= 15 is 0 Å². The van der Waals surface area contributed by atoms with Crippen molar-refractivity contribution in [1.82, 2.24) is 0 Å². The highest BCUT2D eigenvalue weighted by Gasteiger charge is 2.17. The predicted molar refractivity (Wildman–Crippen MR) is 32.5 cm³/mol. The van der Waals surface area contributed by atoms with Gasteiger partial charge < -0.3 is 5.73 Å². The number of rotatable bonds is 0. The van der Waals surface area contributed by atoms with E-state index in [1.165, 1.54) is 11.1 Å².